The van der Waals surface area contributed by atoms with Gasteiger partial charge in [0.15, 0.2) is 12.6 Å². The molecule has 0 aromatic rings. The van der Waals surface area contributed by atoms with Crippen LogP contribution in [-0.4, -0.2) is 44.3 Å². The summed E-state index contributed by atoms with van der Waals surface area (Å²) in [6, 6.07) is 0. The third-order valence-electron chi connectivity index (χ3n) is 2.79. The van der Waals surface area contributed by atoms with Crippen LogP contribution in [0.1, 0.15) is 0 Å². The lowest BCUT2D eigenvalue weighted by atomic mass is 10.0. The fourth-order valence-corrected chi connectivity index (χ4v) is 3.22. The second-order valence-electron chi connectivity index (χ2n) is 3.73. The molecule has 0 aliphatic carbocycles. The summed E-state index contributed by atoms with van der Waals surface area (Å²) in [6.45, 7) is 2.78. The highest BCUT2D eigenvalue weighted by Crippen LogP contribution is 2.38. The molecule has 3 rings (SSSR count). The summed E-state index contributed by atoms with van der Waals surface area (Å²) >= 11 is 1.74. The molecule has 0 unspecified atom stereocenters. The molecule has 2 fully saturated rings. The van der Waals surface area contributed by atoms with Crippen LogP contribution in [0, 0.1) is 5.92 Å². The molecule has 3 heterocycles. The molecule has 0 saturated carbocycles. The summed E-state index contributed by atoms with van der Waals surface area (Å²) in [5, 5.41) is 2.36. The molecule has 3 aliphatic heterocycles. The van der Waals surface area contributed by atoms with E-state index in [0.717, 1.165) is 0 Å². The number of ether oxygens (including phenoxy) is 4. The number of thioether (sulfide) groups is 1. The Labute approximate surface area is 92.9 Å². The van der Waals surface area contributed by atoms with Gasteiger partial charge in [-0.2, -0.15) is 0 Å². The normalized spacial score (nSPS) is 38.1. The molecule has 2 saturated heterocycles. The maximum absolute atomic E-state index is 5.53. The molecular formula is C10H14O4S. The SMILES string of the molecule is C1=C[C@@H](C2OCCO2)[C@H](C2OCCO2)S1. The first-order valence-corrected chi connectivity index (χ1v) is 6.18. The highest BCUT2D eigenvalue weighted by molar-refractivity contribution is 8.03. The minimum absolute atomic E-state index is 0.109. The van der Waals surface area contributed by atoms with E-state index in [-0.39, 0.29) is 23.7 Å². The van der Waals surface area contributed by atoms with Crippen LogP contribution >= 0.6 is 11.8 Å². The maximum atomic E-state index is 5.53. The van der Waals surface area contributed by atoms with E-state index in [1.54, 1.807) is 11.8 Å². The minimum Gasteiger partial charge on any atom is -0.350 e. The second kappa shape index (κ2) is 4.43. The van der Waals surface area contributed by atoms with E-state index in [9.17, 15) is 0 Å². The Morgan fingerprint density at radius 3 is 2.13 bits per heavy atom. The van der Waals surface area contributed by atoms with Gasteiger partial charge in [0.2, 0.25) is 0 Å². The van der Waals surface area contributed by atoms with Gasteiger partial charge in [0.1, 0.15) is 0 Å². The fraction of sp³-hybridized carbons (Fsp3) is 0.800. The van der Waals surface area contributed by atoms with E-state index < -0.39 is 0 Å². The van der Waals surface area contributed by atoms with Crippen molar-refractivity contribution in [2.45, 2.75) is 17.8 Å². The average Bonchev–Trinajstić information content (AvgIpc) is 3.01. The predicted octanol–water partition coefficient (Wildman–Crippen LogP) is 0.977. The number of hydrogen-bond donors (Lipinski definition) is 0. The number of hydrogen-bond acceptors (Lipinski definition) is 5. The van der Waals surface area contributed by atoms with Crippen LogP contribution in [-0.2, 0) is 18.9 Å². The van der Waals surface area contributed by atoms with Crippen LogP contribution in [0.3, 0.4) is 0 Å². The molecule has 0 spiro atoms. The third-order valence-corrected chi connectivity index (χ3v) is 3.96. The molecule has 0 aromatic carbocycles. The first kappa shape index (κ1) is 10.1. The standard InChI is InChI=1S/C10H14O4S/c1-6-15-8(10-13-4-5-14-10)7(1)9-11-2-3-12-9/h1,6-10H,2-5H2/t7-,8-/m1/s1. The molecule has 4 nitrogen and oxygen atoms in total. The van der Waals surface area contributed by atoms with Gasteiger partial charge in [-0.3, -0.25) is 0 Å². The summed E-state index contributed by atoms with van der Waals surface area (Å²) < 4.78 is 22.1. The zero-order valence-electron chi connectivity index (χ0n) is 8.33. The zero-order chi connectivity index (χ0) is 10.1. The lowest BCUT2D eigenvalue weighted by Crippen LogP contribution is -2.35. The third kappa shape index (κ3) is 1.94. The Hall–Kier alpha value is -0.0700. The van der Waals surface area contributed by atoms with Crippen LogP contribution in [0.5, 0.6) is 0 Å². The van der Waals surface area contributed by atoms with Crippen molar-refractivity contribution in [3.63, 3.8) is 0 Å². The van der Waals surface area contributed by atoms with Crippen molar-refractivity contribution in [1.29, 1.82) is 0 Å². The molecule has 15 heavy (non-hydrogen) atoms. The zero-order valence-corrected chi connectivity index (χ0v) is 9.15. The van der Waals surface area contributed by atoms with Gasteiger partial charge in [-0.25, -0.2) is 0 Å². The molecule has 3 aliphatic rings. The molecule has 0 aromatic heterocycles. The highest BCUT2D eigenvalue weighted by Gasteiger charge is 2.41. The van der Waals surface area contributed by atoms with E-state index in [0.29, 0.717) is 26.4 Å². The minimum atomic E-state index is -0.117. The Bertz CT molecular complexity index is 246. The van der Waals surface area contributed by atoms with Crippen molar-refractivity contribution in [2.75, 3.05) is 26.4 Å². The van der Waals surface area contributed by atoms with Crippen LogP contribution in [0.4, 0.5) is 0 Å². The summed E-state index contributed by atoms with van der Waals surface area (Å²) in [7, 11) is 0. The van der Waals surface area contributed by atoms with E-state index >= 15 is 0 Å². The maximum Gasteiger partial charge on any atom is 0.170 e. The average molecular weight is 230 g/mol. The van der Waals surface area contributed by atoms with Gasteiger partial charge in [0.05, 0.1) is 31.7 Å². The van der Waals surface area contributed by atoms with Crippen molar-refractivity contribution < 1.29 is 18.9 Å². The highest BCUT2D eigenvalue weighted by atomic mass is 32.2. The first-order chi connectivity index (χ1) is 7.45. The van der Waals surface area contributed by atoms with Gasteiger partial charge in [-0.15, -0.1) is 11.8 Å². The van der Waals surface area contributed by atoms with Gasteiger partial charge in [0, 0.05) is 5.92 Å². The molecule has 0 amide bonds. The summed E-state index contributed by atoms with van der Waals surface area (Å²) in [5.41, 5.74) is 0. The van der Waals surface area contributed by atoms with E-state index in [2.05, 4.69) is 11.5 Å². The quantitative estimate of drug-likeness (QED) is 0.706. The fourth-order valence-electron chi connectivity index (χ4n) is 2.08. The molecule has 84 valence electrons. The van der Waals surface area contributed by atoms with Crippen LogP contribution in [0.2, 0.25) is 0 Å². The van der Waals surface area contributed by atoms with E-state index in [1.807, 2.05) is 0 Å². The van der Waals surface area contributed by atoms with Gasteiger partial charge >= 0.3 is 0 Å². The topological polar surface area (TPSA) is 36.9 Å². The largest absolute Gasteiger partial charge is 0.350 e. The molecule has 0 bridgehead atoms. The van der Waals surface area contributed by atoms with E-state index in [1.165, 1.54) is 0 Å². The van der Waals surface area contributed by atoms with Crippen molar-refractivity contribution in [3.8, 4) is 0 Å². The summed E-state index contributed by atoms with van der Waals surface area (Å²) in [5.74, 6) is 0.251. The molecule has 5 heteroatoms. The predicted molar refractivity (Wildman–Crippen MR) is 55.4 cm³/mol. The van der Waals surface area contributed by atoms with Crippen LogP contribution in [0.15, 0.2) is 11.5 Å². The van der Waals surface area contributed by atoms with Crippen LogP contribution in [0.25, 0.3) is 0 Å². The molecular weight excluding hydrogens is 216 g/mol. The van der Waals surface area contributed by atoms with E-state index in [4.69, 9.17) is 18.9 Å². The number of rotatable bonds is 2. The smallest absolute Gasteiger partial charge is 0.170 e. The summed E-state index contributed by atoms with van der Waals surface area (Å²) in [6.07, 6.45) is 1.91. The lowest BCUT2D eigenvalue weighted by molar-refractivity contribution is -0.104. The van der Waals surface area contributed by atoms with Crippen molar-refractivity contribution in [3.05, 3.63) is 11.5 Å². The Morgan fingerprint density at radius 1 is 0.867 bits per heavy atom. The van der Waals surface area contributed by atoms with Gasteiger partial charge < -0.3 is 18.9 Å². The van der Waals surface area contributed by atoms with Gasteiger partial charge in [0.25, 0.3) is 0 Å². The molecule has 0 radical (unpaired) electrons. The lowest BCUT2D eigenvalue weighted by Gasteiger charge is -2.26. The van der Waals surface area contributed by atoms with Crippen molar-refractivity contribution >= 4 is 11.8 Å². The molecule has 2 atom stereocenters. The van der Waals surface area contributed by atoms with Crippen molar-refractivity contribution in [2.24, 2.45) is 5.92 Å². The Morgan fingerprint density at radius 2 is 1.47 bits per heavy atom. The van der Waals surface area contributed by atoms with Crippen molar-refractivity contribution in [1.82, 2.24) is 0 Å². The Balaban J connectivity index is 1.67. The van der Waals surface area contributed by atoms with Gasteiger partial charge in [-0.1, -0.05) is 6.08 Å². The first-order valence-electron chi connectivity index (χ1n) is 5.24. The second-order valence-corrected chi connectivity index (χ2v) is 4.82. The monoisotopic (exact) mass is 230 g/mol. The Kier molecular flexibility index (Phi) is 2.98. The van der Waals surface area contributed by atoms with Gasteiger partial charge in [-0.05, 0) is 5.41 Å². The van der Waals surface area contributed by atoms with Crippen LogP contribution < -0.4 is 0 Å². The molecule has 0 N–H and O–H groups in total. The summed E-state index contributed by atoms with van der Waals surface area (Å²) in [4.78, 5) is 0.